The monoisotopic (exact) mass is 568 g/mol. The number of fused-ring (bicyclic) bond motifs is 1. The summed E-state index contributed by atoms with van der Waals surface area (Å²) in [4.78, 5) is 19.3. The van der Waals surface area contributed by atoms with Gasteiger partial charge in [-0.3, -0.25) is 4.79 Å². The van der Waals surface area contributed by atoms with E-state index in [1.165, 1.54) is 56.3 Å². The van der Waals surface area contributed by atoms with E-state index in [4.69, 9.17) is 4.74 Å². The number of sulfonamides is 1. The Kier molecular flexibility index (Phi) is 7.89. The van der Waals surface area contributed by atoms with Crippen LogP contribution in [0.25, 0.3) is 10.2 Å². The van der Waals surface area contributed by atoms with E-state index < -0.39 is 15.9 Å². The standard InChI is InChI=1S/C27H28N4O4S3/c1-30(20-7-4-3-5-8-20)38(33,34)23-13-10-19(11-14-23)26(32)31(28-18-22-9-6-16-36-22)27-29-24-15-12-21(35-2)17-25(24)37-27/h6,9-18,20H,3-5,7-8H2,1-2H3/b28-18+. The summed E-state index contributed by atoms with van der Waals surface area (Å²) in [5.41, 5.74) is 1.03. The van der Waals surface area contributed by atoms with Crippen LogP contribution in [0.4, 0.5) is 5.13 Å². The van der Waals surface area contributed by atoms with E-state index in [0.29, 0.717) is 16.4 Å². The number of methoxy groups -OCH3 is 1. The highest BCUT2D eigenvalue weighted by atomic mass is 32.2. The summed E-state index contributed by atoms with van der Waals surface area (Å²) in [5, 5.41) is 8.06. The minimum absolute atomic E-state index is 0.00907. The average molecular weight is 569 g/mol. The van der Waals surface area contributed by atoms with Crippen molar-refractivity contribution >= 4 is 60.2 Å². The van der Waals surface area contributed by atoms with Crippen LogP contribution in [-0.4, -0.2) is 50.0 Å². The second-order valence-electron chi connectivity index (χ2n) is 9.04. The molecule has 1 fully saturated rings. The zero-order chi connectivity index (χ0) is 26.7. The van der Waals surface area contributed by atoms with Gasteiger partial charge in [0.05, 0.1) is 28.4 Å². The van der Waals surface area contributed by atoms with Crippen LogP contribution in [0.2, 0.25) is 0 Å². The fraction of sp³-hybridized carbons (Fsp3) is 0.296. The lowest BCUT2D eigenvalue weighted by atomic mass is 9.96. The Morgan fingerprint density at radius 3 is 2.55 bits per heavy atom. The van der Waals surface area contributed by atoms with E-state index in [-0.39, 0.29) is 10.9 Å². The third kappa shape index (κ3) is 5.51. The highest BCUT2D eigenvalue weighted by Gasteiger charge is 2.29. The predicted octanol–water partition coefficient (Wildman–Crippen LogP) is 6.00. The molecular formula is C27H28N4O4S3. The molecule has 0 radical (unpaired) electrons. The maximum Gasteiger partial charge on any atom is 0.280 e. The summed E-state index contributed by atoms with van der Waals surface area (Å²) in [6.07, 6.45) is 6.59. The van der Waals surface area contributed by atoms with E-state index in [2.05, 4.69) is 10.1 Å². The first kappa shape index (κ1) is 26.5. The van der Waals surface area contributed by atoms with Crippen molar-refractivity contribution in [1.29, 1.82) is 0 Å². The van der Waals surface area contributed by atoms with Crippen molar-refractivity contribution in [2.24, 2.45) is 5.10 Å². The Hall–Kier alpha value is -3.12. The highest BCUT2D eigenvalue weighted by molar-refractivity contribution is 7.89. The SMILES string of the molecule is COc1ccc2nc(N(/N=C/c3cccs3)C(=O)c3ccc(S(=O)(=O)N(C)C4CCCCC4)cc3)sc2c1. The minimum atomic E-state index is -3.66. The van der Waals surface area contributed by atoms with Gasteiger partial charge >= 0.3 is 0 Å². The van der Waals surface area contributed by atoms with Crippen LogP contribution in [0.15, 0.2) is 70.0 Å². The number of carbonyl (C=O) groups excluding carboxylic acids is 1. The Labute approximate surface area is 230 Å². The molecule has 1 saturated carbocycles. The van der Waals surface area contributed by atoms with Crippen molar-refractivity contribution in [1.82, 2.24) is 9.29 Å². The largest absolute Gasteiger partial charge is 0.497 e. The molecule has 1 amide bonds. The first-order chi connectivity index (χ1) is 18.4. The summed E-state index contributed by atoms with van der Waals surface area (Å²) in [6.45, 7) is 0. The summed E-state index contributed by atoms with van der Waals surface area (Å²) >= 11 is 2.83. The lowest BCUT2D eigenvalue weighted by Crippen LogP contribution is -2.38. The Morgan fingerprint density at radius 1 is 1.11 bits per heavy atom. The third-order valence-corrected chi connectivity index (χ3v) is 10.4. The van der Waals surface area contributed by atoms with Gasteiger partial charge in [-0.15, -0.1) is 11.3 Å². The summed E-state index contributed by atoms with van der Waals surface area (Å²) in [7, 11) is -0.415. The molecule has 8 nitrogen and oxygen atoms in total. The third-order valence-electron chi connectivity index (χ3n) is 6.67. The number of hydrazone groups is 1. The molecule has 0 unspecified atom stereocenters. The molecule has 4 aromatic rings. The van der Waals surface area contributed by atoms with Crippen LogP contribution < -0.4 is 9.75 Å². The van der Waals surface area contributed by atoms with Gasteiger partial charge in [-0.2, -0.15) is 14.4 Å². The zero-order valence-electron chi connectivity index (χ0n) is 21.1. The van der Waals surface area contributed by atoms with Gasteiger partial charge in [0.1, 0.15) is 5.75 Å². The molecule has 38 heavy (non-hydrogen) atoms. The summed E-state index contributed by atoms with van der Waals surface area (Å²) in [6, 6.07) is 15.4. The van der Waals surface area contributed by atoms with Gasteiger partial charge in [0.25, 0.3) is 5.91 Å². The van der Waals surface area contributed by atoms with Crippen molar-refractivity contribution in [3.8, 4) is 5.75 Å². The van der Waals surface area contributed by atoms with E-state index in [1.54, 1.807) is 20.4 Å². The number of ether oxygens (including phenoxy) is 1. The molecule has 1 aliphatic carbocycles. The minimum Gasteiger partial charge on any atom is -0.497 e. The fourth-order valence-electron chi connectivity index (χ4n) is 4.48. The Balaban J connectivity index is 1.44. The Bertz CT molecular complexity index is 1540. The van der Waals surface area contributed by atoms with Crippen LogP contribution in [-0.2, 0) is 10.0 Å². The molecule has 0 bridgehead atoms. The van der Waals surface area contributed by atoms with Crippen LogP contribution in [0.3, 0.4) is 0 Å². The highest BCUT2D eigenvalue weighted by Crippen LogP contribution is 2.33. The first-order valence-electron chi connectivity index (χ1n) is 12.3. The summed E-state index contributed by atoms with van der Waals surface area (Å²) in [5.74, 6) is 0.288. The number of thiophene rings is 1. The number of aromatic nitrogens is 1. The lowest BCUT2D eigenvalue weighted by molar-refractivity contribution is 0.0987. The number of anilines is 1. The molecule has 0 N–H and O–H groups in total. The van der Waals surface area contributed by atoms with Gasteiger partial charge < -0.3 is 4.74 Å². The van der Waals surface area contributed by atoms with E-state index in [1.807, 2.05) is 35.7 Å². The number of nitrogens with zero attached hydrogens (tertiary/aromatic N) is 4. The smallest absolute Gasteiger partial charge is 0.280 e. The number of hydrogen-bond donors (Lipinski definition) is 0. The van der Waals surface area contributed by atoms with Crippen molar-refractivity contribution in [3.05, 3.63) is 70.4 Å². The molecular weight excluding hydrogens is 541 g/mol. The topological polar surface area (TPSA) is 92.2 Å². The normalized spacial score (nSPS) is 14.9. The van der Waals surface area contributed by atoms with Gasteiger partial charge in [-0.25, -0.2) is 13.4 Å². The molecule has 2 heterocycles. The van der Waals surface area contributed by atoms with Gasteiger partial charge in [0.15, 0.2) is 0 Å². The number of hydrogen-bond acceptors (Lipinski definition) is 8. The van der Waals surface area contributed by atoms with Crippen LogP contribution >= 0.6 is 22.7 Å². The number of benzene rings is 2. The Morgan fingerprint density at radius 2 is 1.87 bits per heavy atom. The molecule has 5 rings (SSSR count). The number of rotatable bonds is 8. The van der Waals surface area contributed by atoms with Crippen LogP contribution in [0, 0.1) is 0 Å². The van der Waals surface area contributed by atoms with E-state index in [9.17, 15) is 13.2 Å². The quantitative estimate of drug-likeness (QED) is 0.192. The number of carbonyl (C=O) groups is 1. The predicted molar refractivity (Wildman–Crippen MR) is 153 cm³/mol. The zero-order valence-corrected chi connectivity index (χ0v) is 23.6. The molecule has 0 aliphatic heterocycles. The van der Waals surface area contributed by atoms with Gasteiger partial charge in [0.2, 0.25) is 15.2 Å². The molecule has 0 saturated heterocycles. The first-order valence-corrected chi connectivity index (χ1v) is 15.4. The molecule has 1 aliphatic rings. The molecule has 11 heteroatoms. The summed E-state index contributed by atoms with van der Waals surface area (Å²) < 4.78 is 34.1. The second kappa shape index (κ2) is 11.3. The molecule has 0 atom stereocenters. The van der Waals surface area contributed by atoms with Gasteiger partial charge in [0, 0.05) is 23.5 Å². The molecule has 198 valence electrons. The fourth-order valence-corrected chi connectivity index (χ4v) is 7.42. The molecule has 0 spiro atoms. The van der Waals surface area contributed by atoms with Crippen molar-refractivity contribution < 1.29 is 17.9 Å². The lowest BCUT2D eigenvalue weighted by Gasteiger charge is -2.30. The van der Waals surface area contributed by atoms with Gasteiger partial charge in [-0.1, -0.05) is 36.7 Å². The second-order valence-corrected chi connectivity index (χ2v) is 13.0. The van der Waals surface area contributed by atoms with Crippen molar-refractivity contribution in [3.63, 3.8) is 0 Å². The van der Waals surface area contributed by atoms with E-state index >= 15 is 0 Å². The van der Waals surface area contributed by atoms with Gasteiger partial charge in [-0.05, 0) is 66.8 Å². The van der Waals surface area contributed by atoms with Crippen molar-refractivity contribution in [2.75, 3.05) is 19.2 Å². The number of thiazole rings is 1. The average Bonchev–Trinajstić information content (AvgIpc) is 3.62. The van der Waals surface area contributed by atoms with E-state index in [0.717, 1.165) is 47.2 Å². The maximum absolute atomic E-state index is 13.6. The molecule has 2 aromatic carbocycles. The maximum atomic E-state index is 13.6. The van der Waals surface area contributed by atoms with Crippen molar-refractivity contribution in [2.45, 2.75) is 43.0 Å². The van der Waals surface area contributed by atoms with Crippen LogP contribution in [0.1, 0.15) is 47.3 Å². The molecule has 2 aromatic heterocycles. The van der Waals surface area contributed by atoms with Crippen LogP contribution in [0.5, 0.6) is 5.75 Å². The number of amides is 1.